The number of hydrogen-bond donors (Lipinski definition) is 1. The zero-order valence-electron chi connectivity index (χ0n) is 9.84. The smallest absolute Gasteiger partial charge is 0.309 e. The lowest BCUT2D eigenvalue weighted by molar-refractivity contribution is -0.152. The minimum absolute atomic E-state index is 0.123. The zero-order chi connectivity index (χ0) is 12.1. The van der Waals surface area contributed by atoms with E-state index in [-0.39, 0.29) is 18.0 Å². The number of ether oxygens (including phenoxy) is 1. The van der Waals surface area contributed by atoms with Crippen molar-refractivity contribution in [3.05, 3.63) is 35.9 Å². The molecule has 0 spiro atoms. The molecule has 2 rings (SSSR count). The second kappa shape index (κ2) is 5.82. The van der Waals surface area contributed by atoms with Crippen molar-refractivity contribution in [2.75, 3.05) is 0 Å². The molecule has 0 radical (unpaired) electrons. The van der Waals surface area contributed by atoms with Gasteiger partial charge in [-0.1, -0.05) is 36.8 Å². The molecule has 0 amide bonds. The Balaban J connectivity index is 1.81. The van der Waals surface area contributed by atoms with E-state index in [1.54, 1.807) is 0 Å². The van der Waals surface area contributed by atoms with Gasteiger partial charge in [-0.3, -0.25) is 4.79 Å². The normalized spacial score (nSPS) is 24.3. The van der Waals surface area contributed by atoms with Gasteiger partial charge in [0.15, 0.2) is 0 Å². The number of hydrogen-bond acceptors (Lipinski definition) is 3. The summed E-state index contributed by atoms with van der Waals surface area (Å²) >= 11 is 0. The van der Waals surface area contributed by atoms with Crippen molar-refractivity contribution in [1.82, 2.24) is 0 Å². The maximum absolute atomic E-state index is 11.8. The van der Waals surface area contributed by atoms with E-state index in [1.165, 1.54) is 0 Å². The second-order valence-electron chi connectivity index (χ2n) is 4.61. The van der Waals surface area contributed by atoms with Crippen molar-refractivity contribution in [2.45, 2.75) is 38.4 Å². The zero-order valence-corrected chi connectivity index (χ0v) is 9.84. The van der Waals surface area contributed by atoms with Crippen LogP contribution in [0.15, 0.2) is 30.3 Å². The standard InChI is InChI=1S/C14H18O3/c15-13-8-4-7-12(9-13)14(16)17-10-11-5-2-1-3-6-11/h1-3,5-6,12-13,15H,4,7-10H2/t12-,13-/m0/s1. The molecule has 0 unspecified atom stereocenters. The average Bonchev–Trinajstić information content (AvgIpc) is 2.37. The summed E-state index contributed by atoms with van der Waals surface area (Å²) in [5.74, 6) is -0.296. The Hall–Kier alpha value is -1.35. The number of aliphatic hydroxyl groups is 1. The Bertz CT molecular complexity index is 361. The summed E-state index contributed by atoms with van der Waals surface area (Å²) < 4.78 is 5.27. The summed E-state index contributed by atoms with van der Waals surface area (Å²) in [5.41, 5.74) is 0.997. The van der Waals surface area contributed by atoms with Crippen LogP contribution < -0.4 is 0 Å². The summed E-state index contributed by atoms with van der Waals surface area (Å²) in [5, 5.41) is 9.51. The molecular formula is C14H18O3. The van der Waals surface area contributed by atoms with E-state index in [0.717, 1.165) is 24.8 Å². The molecule has 1 aliphatic carbocycles. The largest absolute Gasteiger partial charge is 0.461 e. The van der Waals surface area contributed by atoms with Gasteiger partial charge in [-0.15, -0.1) is 0 Å². The molecule has 1 aromatic carbocycles. The Morgan fingerprint density at radius 2 is 2.06 bits per heavy atom. The van der Waals surface area contributed by atoms with Crippen molar-refractivity contribution in [3.8, 4) is 0 Å². The van der Waals surface area contributed by atoms with E-state index >= 15 is 0 Å². The SMILES string of the molecule is O=C(OCc1ccccc1)[C@H]1CCC[C@H](O)C1. The molecule has 0 bridgehead atoms. The maximum atomic E-state index is 11.8. The molecule has 0 aromatic heterocycles. The van der Waals surface area contributed by atoms with Crippen molar-refractivity contribution < 1.29 is 14.6 Å². The molecular weight excluding hydrogens is 216 g/mol. The van der Waals surface area contributed by atoms with Crippen molar-refractivity contribution in [3.63, 3.8) is 0 Å². The van der Waals surface area contributed by atoms with E-state index in [0.29, 0.717) is 13.0 Å². The van der Waals surface area contributed by atoms with Gasteiger partial charge in [-0.05, 0) is 24.8 Å². The summed E-state index contributed by atoms with van der Waals surface area (Å²) in [4.78, 5) is 11.8. The molecule has 1 N–H and O–H groups in total. The lowest BCUT2D eigenvalue weighted by Gasteiger charge is -2.24. The summed E-state index contributed by atoms with van der Waals surface area (Å²) in [6.07, 6.45) is 2.77. The Labute approximate surface area is 101 Å². The third-order valence-electron chi connectivity index (χ3n) is 3.20. The minimum atomic E-state index is -0.335. The van der Waals surface area contributed by atoms with E-state index in [9.17, 15) is 9.90 Å². The molecule has 17 heavy (non-hydrogen) atoms. The first-order valence-electron chi connectivity index (χ1n) is 6.14. The molecule has 0 saturated heterocycles. The van der Waals surface area contributed by atoms with Gasteiger partial charge >= 0.3 is 5.97 Å². The highest BCUT2D eigenvalue weighted by Gasteiger charge is 2.27. The van der Waals surface area contributed by atoms with Gasteiger partial charge in [-0.2, -0.15) is 0 Å². The van der Waals surface area contributed by atoms with E-state index in [4.69, 9.17) is 4.74 Å². The molecule has 92 valence electrons. The molecule has 0 heterocycles. The molecule has 1 saturated carbocycles. The summed E-state index contributed by atoms with van der Waals surface area (Å²) in [6, 6.07) is 9.65. The molecule has 1 fully saturated rings. The second-order valence-corrected chi connectivity index (χ2v) is 4.61. The molecule has 0 aliphatic heterocycles. The van der Waals surface area contributed by atoms with Crippen LogP contribution in [0, 0.1) is 5.92 Å². The Morgan fingerprint density at radius 3 is 2.76 bits per heavy atom. The van der Waals surface area contributed by atoms with Crippen LogP contribution in [-0.4, -0.2) is 17.2 Å². The molecule has 1 aromatic rings. The van der Waals surface area contributed by atoms with Crippen LogP contribution in [0.3, 0.4) is 0 Å². The quantitative estimate of drug-likeness (QED) is 0.816. The first kappa shape index (κ1) is 12.1. The van der Waals surface area contributed by atoms with Crippen LogP contribution in [0.25, 0.3) is 0 Å². The van der Waals surface area contributed by atoms with Gasteiger partial charge in [0.1, 0.15) is 6.61 Å². The van der Waals surface area contributed by atoms with Crippen LogP contribution in [0.1, 0.15) is 31.2 Å². The fourth-order valence-corrected chi connectivity index (χ4v) is 2.22. The lowest BCUT2D eigenvalue weighted by Crippen LogP contribution is -2.27. The van der Waals surface area contributed by atoms with Crippen molar-refractivity contribution in [2.24, 2.45) is 5.92 Å². The van der Waals surface area contributed by atoms with Crippen LogP contribution in [0.4, 0.5) is 0 Å². The van der Waals surface area contributed by atoms with Crippen LogP contribution >= 0.6 is 0 Å². The first-order valence-corrected chi connectivity index (χ1v) is 6.14. The first-order chi connectivity index (χ1) is 8.25. The van der Waals surface area contributed by atoms with Gasteiger partial charge in [0.2, 0.25) is 0 Å². The topological polar surface area (TPSA) is 46.5 Å². The third-order valence-corrected chi connectivity index (χ3v) is 3.20. The molecule has 3 nitrogen and oxygen atoms in total. The number of aliphatic hydroxyl groups excluding tert-OH is 1. The number of benzene rings is 1. The molecule has 2 atom stereocenters. The van der Waals surface area contributed by atoms with E-state index < -0.39 is 0 Å². The third kappa shape index (κ3) is 3.56. The van der Waals surface area contributed by atoms with Gasteiger partial charge in [0.05, 0.1) is 12.0 Å². The predicted molar refractivity (Wildman–Crippen MR) is 64.2 cm³/mol. The van der Waals surface area contributed by atoms with Gasteiger partial charge in [-0.25, -0.2) is 0 Å². The fraction of sp³-hybridized carbons (Fsp3) is 0.500. The lowest BCUT2D eigenvalue weighted by atomic mass is 9.87. The molecule has 1 aliphatic rings. The van der Waals surface area contributed by atoms with Gasteiger partial charge in [0, 0.05) is 0 Å². The van der Waals surface area contributed by atoms with E-state index in [1.807, 2.05) is 30.3 Å². The molecule has 3 heteroatoms. The summed E-state index contributed by atoms with van der Waals surface area (Å²) in [6.45, 7) is 0.326. The maximum Gasteiger partial charge on any atom is 0.309 e. The highest BCUT2D eigenvalue weighted by molar-refractivity contribution is 5.72. The van der Waals surface area contributed by atoms with Crippen LogP contribution in [0.2, 0.25) is 0 Å². The van der Waals surface area contributed by atoms with Gasteiger partial charge in [0.25, 0.3) is 0 Å². The number of carbonyl (C=O) groups is 1. The highest BCUT2D eigenvalue weighted by atomic mass is 16.5. The highest BCUT2D eigenvalue weighted by Crippen LogP contribution is 2.25. The fourth-order valence-electron chi connectivity index (χ4n) is 2.22. The van der Waals surface area contributed by atoms with Crippen molar-refractivity contribution >= 4 is 5.97 Å². The summed E-state index contributed by atoms with van der Waals surface area (Å²) in [7, 11) is 0. The number of rotatable bonds is 3. The van der Waals surface area contributed by atoms with E-state index in [2.05, 4.69) is 0 Å². The van der Waals surface area contributed by atoms with Gasteiger partial charge < -0.3 is 9.84 Å². The number of carbonyl (C=O) groups excluding carboxylic acids is 1. The van der Waals surface area contributed by atoms with Crippen LogP contribution in [0.5, 0.6) is 0 Å². The monoisotopic (exact) mass is 234 g/mol. The Morgan fingerprint density at radius 1 is 1.29 bits per heavy atom. The average molecular weight is 234 g/mol. The minimum Gasteiger partial charge on any atom is -0.461 e. The Kier molecular flexibility index (Phi) is 4.15. The van der Waals surface area contributed by atoms with Crippen LogP contribution in [-0.2, 0) is 16.1 Å². The predicted octanol–water partition coefficient (Wildman–Crippen LogP) is 2.28. The number of esters is 1. The van der Waals surface area contributed by atoms with Crippen molar-refractivity contribution in [1.29, 1.82) is 0 Å².